The summed E-state index contributed by atoms with van der Waals surface area (Å²) in [6.07, 6.45) is -5.84. The number of carbonyl (C=O) groups excluding carboxylic acids is 1. The van der Waals surface area contributed by atoms with Gasteiger partial charge in [-0.05, 0) is 44.4 Å². The number of aliphatic hydroxyl groups is 4. The minimum absolute atomic E-state index is 0.0543. The molecule has 0 aromatic heterocycles. The van der Waals surface area contributed by atoms with E-state index in [1.807, 2.05) is 46.8 Å². The molecule has 1 amide bonds. The third-order valence-corrected chi connectivity index (χ3v) is 9.34. The van der Waals surface area contributed by atoms with E-state index in [1.54, 1.807) is 6.92 Å². The van der Waals surface area contributed by atoms with E-state index >= 15 is 0 Å². The van der Waals surface area contributed by atoms with Gasteiger partial charge in [0.2, 0.25) is 5.91 Å². The smallest absolute Gasteiger partial charge is 0.335 e. The zero-order valence-electron chi connectivity index (χ0n) is 26.9. The van der Waals surface area contributed by atoms with Gasteiger partial charge < -0.3 is 49.8 Å². The summed E-state index contributed by atoms with van der Waals surface area (Å²) in [5.41, 5.74) is -1.39. The number of allylic oxidation sites excluding steroid dienone is 1. The van der Waals surface area contributed by atoms with Crippen LogP contribution in [0.5, 0.6) is 0 Å². The number of aliphatic carboxylic acids is 1. The first-order chi connectivity index (χ1) is 20.1. The third kappa shape index (κ3) is 8.76. The predicted octanol–water partition coefficient (Wildman–Crippen LogP) is 1.90. The maximum atomic E-state index is 12.4. The van der Waals surface area contributed by atoms with E-state index in [0.717, 1.165) is 12.8 Å². The number of hydrogen-bond donors (Lipinski definition) is 6. The molecule has 6 unspecified atom stereocenters. The molecule has 250 valence electrons. The van der Waals surface area contributed by atoms with Crippen molar-refractivity contribution in [3.63, 3.8) is 0 Å². The van der Waals surface area contributed by atoms with Crippen molar-refractivity contribution >= 4 is 11.9 Å². The number of amides is 1. The van der Waals surface area contributed by atoms with Crippen molar-refractivity contribution in [2.45, 2.75) is 154 Å². The summed E-state index contributed by atoms with van der Waals surface area (Å²) in [5.74, 6) is -1.80. The van der Waals surface area contributed by atoms with Crippen LogP contribution in [-0.4, -0.2) is 111 Å². The Morgan fingerprint density at radius 3 is 2.19 bits per heavy atom. The first-order valence-electron chi connectivity index (χ1n) is 15.5. The highest BCUT2D eigenvalue weighted by atomic mass is 16.7. The van der Waals surface area contributed by atoms with E-state index < -0.39 is 90.7 Å². The standard InChI is InChI=1S/C31H55NO11/c1-9-12-14-30(7,11-3)43-25-22(36)23(37)29(42-26(25)28(38)39)41-24-20(32-18(6)34)27(40-19(16-33)21(24)35)31(8,17(4)5)15-13-10-2/h9,12,17,19-27,29,33,35-37H,10-11,13-16H2,1-8H3,(H,32,34)(H,38,39)/b12-9-/t19?,20?,21-,22?,23?,24?,25+,26?,27-,29-,30-,31-/m1/s1. The minimum atomic E-state index is -1.76. The average molecular weight is 618 g/mol. The summed E-state index contributed by atoms with van der Waals surface area (Å²) in [5, 5.41) is 56.6. The summed E-state index contributed by atoms with van der Waals surface area (Å²) in [6.45, 7) is 14.4. The Labute approximate surface area is 255 Å². The lowest BCUT2D eigenvalue weighted by molar-refractivity contribution is -0.340. The van der Waals surface area contributed by atoms with Crippen LogP contribution in [0.2, 0.25) is 0 Å². The molecule has 0 aromatic rings. The Balaban J connectivity index is 2.49. The molecular formula is C31H55NO11. The SMILES string of the molecule is C/C=C\C[C@@](C)(CC)O[C@@H]1C(C(=O)O)O[C@@H](OC2C(NC(C)=O)[C@H]([C@](C)(CCCC)C(C)C)OC(CO)[C@H]2O)C(O)C1O. The molecule has 2 saturated heterocycles. The fraction of sp³-hybridized carbons (Fsp3) is 0.871. The number of hydrogen-bond acceptors (Lipinski definition) is 10. The van der Waals surface area contributed by atoms with Crippen LogP contribution >= 0.6 is 0 Å². The van der Waals surface area contributed by atoms with Gasteiger partial charge in [0, 0.05) is 6.92 Å². The number of unbranched alkanes of at least 4 members (excludes halogenated alkanes) is 1. The molecule has 2 fully saturated rings. The molecule has 43 heavy (non-hydrogen) atoms. The maximum Gasteiger partial charge on any atom is 0.335 e. The largest absolute Gasteiger partial charge is 0.479 e. The lowest BCUT2D eigenvalue weighted by atomic mass is 9.66. The molecule has 2 heterocycles. The van der Waals surface area contributed by atoms with Crippen molar-refractivity contribution in [2.75, 3.05) is 6.61 Å². The number of carboxylic acids is 1. The number of rotatable bonds is 15. The fourth-order valence-corrected chi connectivity index (χ4v) is 5.95. The van der Waals surface area contributed by atoms with Gasteiger partial charge in [0.05, 0.1) is 24.4 Å². The van der Waals surface area contributed by atoms with E-state index in [1.165, 1.54) is 6.92 Å². The van der Waals surface area contributed by atoms with Gasteiger partial charge in [0.1, 0.15) is 36.6 Å². The summed E-state index contributed by atoms with van der Waals surface area (Å²) in [6, 6.07) is -0.964. The van der Waals surface area contributed by atoms with E-state index in [-0.39, 0.29) is 5.92 Å². The van der Waals surface area contributed by atoms with E-state index in [0.29, 0.717) is 19.3 Å². The Morgan fingerprint density at radius 2 is 1.70 bits per heavy atom. The lowest BCUT2D eigenvalue weighted by Gasteiger charge is -2.53. The Morgan fingerprint density at radius 1 is 1.05 bits per heavy atom. The number of ether oxygens (including phenoxy) is 4. The summed E-state index contributed by atoms with van der Waals surface area (Å²) >= 11 is 0. The molecule has 0 radical (unpaired) electrons. The predicted molar refractivity (Wildman–Crippen MR) is 158 cm³/mol. The number of carboxylic acid groups (broad SMARTS) is 1. The van der Waals surface area contributed by atoms with Crippen LogP contribution in [0.15, 0.2) is 12.2 Å². The Kier molecular flexibility index (Phi) is 14.0. The molecule has 12 heteroatoms. The van der Waals surface area contributed by atoms with Crippen molar-refractivity contribution in [3.8, 4) is 0 Å². The highest BCUT2D eigenvalue weighted by Crippen LogP contribution is 2.44. The monoisotopic (exact) mass is 617 g/mol. The van der Waals surface area contributed by atoms with Gasteiger partial charge in [-0.15, -0.1) is 0 Å². The molecule has 12 nitrogen and oxygen atoms in total. The van der Waals surface area contributed by atoms with Gasteiger partial charge in [-0.2, -0.15) is 0 Å². The van der Waals surface area contributed by atoms with Crippen LogP contribution in [0.4, 0.5) is 0 Å². The lowest BCUT2D eigenvalue weighted by Crippen LogP contribution is -2.70. The second kappa shape index (κ2) is 16.1. The number of aliphatic hydroxyl groups excluding tert-OH is 4. The normalized spacial score (nSPS) is 36.3. The van der Waals surface area contributed by atoms with Crippen LogP contribution in [0.1, 0.15) is 87.5 Å². The molecule has 12 atom stereocenters. The van der Waals surface area contributed by atoms with Gasteiger partial charge in [-0.25, -0.2) is 4.79 Å². The summed E-state index contributed by atoms with van der Waals surface area (Å²) in [7, 11) is 0. The van der Waals surface area contributed by atoms with Gasteiger partial charge in [0.25, 0.3) is 0 Å². The quantitative estimate of drug-likeness (QED) is 0.148. The van der Waals surface area contributed by atoms with Crippen LogP contribution in [-0.2, 0) is 28.5 Å². The second-order valence-electron chi connectivity index (χ2n) is 12.8. The molecule has 6 N–H and O–H groups in total. The van der Waals surface area contributed by atoms with Crippen LogP contribution < -0.4 is 5.32 Å². The van der Waals surface area contributed by atoms with Gasteiger partial charge in [-0.1, -0.05) is 59.6 Å². The third-order valence-electron chi connectivity index (χ3n) is 9.34. The zero-order valence-corrected chi connectivity index (χ0v) is 26.9. The molecule has 0 bridgehead atoms. The molecule has 2 rings (SSSR count). The molecule has 0 spiro atoms. The van der Waals surface area contributed by atoms with Crippen molar-refractivity contribution in [2.24, 2.45) is 11.3 Å². The maximum absolute atomic E-state index is 12.4. The van der Waals surface area contributed by atoms with Crippen molar-refractivity contribution < 1.29 is 54.1 Å². The van der Waals surface area contributed by atoms with E-state index in [4.69, 9.17) is 18.9 Å². The van der Waals surface area contributed by atoms with E-state index in [2.05, 4.69) is 12.2 Å². The van der Waals surface area contributed by atoms with Gasteiger partial charge >= 0.3 is 5.97 Å². The Hall–Kier alpha value is -1.64. The molecule has 0 aliphatic carbocycles. The number of nitrogens with one attached hydrogen (secondary N) is 1. The van der Waals surface area contributed by atoms with Gasteiger partial charge in [0.15, 0.2) is 12.4 Å². The summed E-state index contributed by atoms with van der Waals surface area (Å²) in [4.78, 5) is 24.8. The highest BCUT2D eigenvalue weighted by Gasteiger charge is 2.57. The minimum Gasteiger partial charge on any atom is -0.479 e. The molecule has 2 aliphatic rings. The van der Waals surface area contributed by atoms with Gasteiger partial charge in [-0.3, -0.25) is 4.79 Å². The van der Waals surface area contributed by atoms with Crippen molar-refractivity contribution in [1.82, 2.24) is 5.32 Å². The molecule has 2 aliphatic heterocycles. The molecule has 0 saturated carbocycles. The second-order valence-corrected chi connectivity index (χ2v) is 12.8. The van der Waals surface area contributed by atoms with E-state index in [9.17, 15) is 35.1 Å². The molecule has 0 aromatic carbocycles. The van der Waals surface area contributed by atoms with Crippen molar-refractivity contribution in [1.29, 1.82) is 0 Å². The van der Waals surface area contributed by atoms with Crippen molar-refractivity contribution in [3.05, 3.63) is 12.2 Å². The van der Waals surface area contributed by atoms with Crippen LogP contribution in [0.3, 0.4) is 0 Å². The average Bonchev–Trinajstić information content (AvgIpc) is 2.95. The highest BCUT2D eigenvalue weighted by molar-refractivity contribution is 5.74. The van der Waals surface area contributed by atoms with Crippen LogP contribution in [0.25, 0.3) is 0 Å². The Bertz CT molecular complexity index is 931. The topological polar surface area (TPSA) is 184 Å². The zero-order chi connectivity index (χ0) is 32.7. The molecular weight excluding hydrogens is 562 g/mol. The first kappa shape index (κ1) is 37.5. The number of carbonyl (C=O) groups is 2. The van der Waals surface area contributed by atoms with Crippen LogP contribution in [0, 0.1) is 11.3 Å². The summed E-state index contributed by atoms with van der Waals surface area (Å²) < 4.78 is 24.2. The first-order valence-corrected chi connectivity index (χ1v) is 15.5. The fourth-order valence-electron chi connectivity index (χ4n) is 5.95.